The molecule has 0 aliphatic carbocycles. The zero-order valence-electron chi connectivity index (χ0n) is 11.3. The van der Waals surface area contributed by atoms with Crippen LogP contribution in [0.4, 0.5) is 13.2 Å². The summed E-state index contributed by atoms with van der Waals surface area (Å²) in [6.45, 7) is 2.82. The zero-order valence-corrected chi connectivity index (χ0v) is 11.3. The number of likely N-dealkylation sites (N-methyl/N-ethyl adjacent to an activating group) is 1. The van der Waals surface area contributed by atoms with Crippen molar-refractivity contribution in [1.82, 2.24) is 4.90 Å². The Hall–Kier alpha value is -1.01. The Kier molecular flexibility index (Phi) is 5.43. The normalized spacial score (nSPS) is 15.7. The van der Waals surface area contributed by atoms with E-state index < -0.39 is 18.1 Å². The first-order valence-corrected chi connectivity index (χ1v) is 6.26. The van der Waals surface area contributed by atoms with Gasteiger partial charge in [0.1, 0.15) is 0 Å². The van der Waals surface area contributed by atoms with Crippen molar-refractivity contribution in [3.8, 4) is 0 Å². The van der Waals surface area contributed by atoms with Crippen LogP contribution in [0.15, 0.2) is 23.0 Å². The predicted octanol–water partition coefficient (Wildman–Crippen LogP) is 3.16. The smallest absolute Gasteiger partial charge is 0.389 e. The number of nitrogens with zero attached hydrogens (tertiary/aromatic N) is 1. The molecule has 0 saturated carbocycles. The zero-order chi connectivity index (χ0) is 14.5. The Morgan fingerprint density at radius 2 is 2.00 bits per heavy atom. The second kappa shape index (κ2) is 6.43. The van der Waals surface area contributed by atoms with Crippen molar-refractivity contribution in [3.63, 3.8) is 0 Å². The summed E-state index contributed by atoms with van der Waals surface area (Å²) in [4.78, 5) is 1.98. The molecule has 2 N–H and O–H groups in total. The van der Waals surface area contributed by atoms with Gasteiger partial charge in [0.2, 0.25) is 0 Å². The Labute approximate surface area is 111 Å². The SMILES string of the molecule is CN(Cc1ccoc1)C(C)(CN)CCCC(F)(F)F. The quantitative estimate of drug-likeness (QED) is 0.833. The highest BCUT2D eigenvalue weighted by molar-refractivity contribution is 5.06. The van der Waals surface area contributed by atoms with Gasteiger partial charge in [-0.3, -0.25) is 4.90 Å². The Bertz CT molecular complexity index is 364. The summed E-state index contributed by atoms with van der Waals surface area (Å²) in [6, 6.07) is 1.84. The van der Waals surface area contributed by atoms with E-state index in [1.54, 1.807) is 12.5 Å². The number of furan rings is 1. The van der Waals surface area contributed by atoms with Crippen molar-refractivity contribution in [2.75, 3.05) is 13.6 Å². The van der Waals surface area contributed by atoms with Crippen LogP contribution in [0, 0.1) is 0 Å². The van der Waals surface area contributed by atoms with Crippen LogP contribution >= 0.6 is 0 Å². The highest BCUT2D eigenvalue weighted by Crippen LogP contribution is 2.27. The third kappa shape index (κ3) is 5.24. The summed E-state index contributed by atoms with van der Waals surface area (Å²) >= 11 is 0. The average molecular weight is 278 g/mol. The first-order chi connectivity index (χ1) is 8.77. The van der Waals surface area contributed by atoms with Crippen molar-refractivity contribution in [2.45, 2.75) is 44.4 Å². The topological polar surface area (TPSA) is 42.4 Å². The first-order valence-electron chi connectivity index (χ1n) is 6.26. The molecule has 0 aliphatic rings. The Balaban J connectivity index is 2.53. The molecule has 1 aromatic heterocycles. The fourth-order valence-electron chi connectivity index (χ4n) is 1.97. The summed E-state index contributed by atoms with van der Waals surface area (Å²) in [6.07, 6.45) is -1.15. The van der Waals surface area contributed by atoms with E-state index in [0.717, 1.165) is 5.56 Å². The molecule has 1 aromatic rings. The fourth-order valence-corrected chi connectivity index (χ4v) is 1.97. The molecule has 0 bridgehead atoms. The standard InChI is InChI=1S/C13H21F3N2O/c1-12(10-17,5-3-6-13(14,15)16)18(2)8-11-4-7-19-9-11/h4,7,9H,3,5-6,8,10,17H2,1-2H3. The maximum atomic E-state index is 12.2. The van der Waals surface area contributed by atoms with Crippen molar-refractivity contribution in [3.05, 3.63) is 24.2 Å². The Morgan fingerprint density at radius 3 is 2.47 bits per heavy atom. The van der Waals surface area contributed by atoms with Gasteiger partial charge in [0, 0.05) is 30.6 Å². The van der Waals surface area contributed by atoms with E-state index in [-0.39, 0.29) is 6.42 Å². The molecule has 0 aromatic carbocycles. The van der Waals surface area contributed by atoms with E-state index in [2.05, 4.69) is 0 Å². The lowest BCUT2D eigenvalue weighted by molar-refractivity contribution is -0.136. The number of halogens is 3. The van der Waals surface area contributed by atoms with Crippen LogP contribution < -0.4 is 5.73 Å². The minimum absolute atomic E-state index is 0.0902. The van der Waals surface area contributed by atoms with Crippen LogP contribution in [0.5, 0.6) is 0 Å². The highest BCUT2D eigenvalue weighted by atomic mass is 19.4. The molecule has 0 saturated heterocycles. The van der Waals surface area contributed by atoms with Gasteiger partial charge in [-0.25, -0.2) is 0 Å². The number of nitrogens with two attached hydrogens (primary N) is 1. The van der Waals surface area contributed by atoms with Gasteiger partial charge < -0.3 is 10.2 Å². The average Bonchev–Trinajstić information content (AvgIpc) is 2.79. The predicted molar refractivity (Wildman–Crippen MR) is 67.5 cm³/mol. The maximum absolute atomic E-state index is 12.2. The molecular weight excluding hydrogens is 257 g/mol. The molecule has 1 atom stereocenters. The lowest BCUT2D eigenvalue weighted by Gasteiger charge is -2.38. The fraction of sp³-hybridized carbons (Fsp3) is 0.692. The molecule has 1 unspecified atom stereocenters. The third-order valence-corrected chi connectivity index (χ3v) is 3.54. The van der Waals surface area contributed by atoms with Crippen LogP contribution in [0.3, 0.4) is 0 Å². The van der Waals surface area contributed by atoms with Crippen LogP contribution in [-0.2, 0) is 6.54 Å². The van der Waals surface area contributed by atoms with E-state index in [9.17, 15) is 13.2 Å². The minimum atomic E-state index is -4.10. The molecule has 0 fully saturated rings. The molecule has 0 spiro atoms. The second-order valence-electron chi connectivity index (χ2n) is 5.16. The van der Waals surface area contributed by atoms with Gasteiger partial charge in [-0.2, -0.15) is 13.2 Å². The van der Waals surface area contributed by atoms with E-state index in [0.29, 0.717) is 19.5 Å². The largest absolute Gasteiger partial charge is 0.472 e. The summed E-state index contributed by atoms with van der Waals surface area (Å²) in [7, 11) is 1.87. The first kappa shape index (κ1) is 16.0. The van der Waals surface area contributed by atoms with Crippen LogP contribution in [-0.4, -0.2) is 30.2 Å². The van der Waals surface area contributed by atoms with Crippen LogP contribution in [0.2, 0.25) is 0 Å². The summed E-state index contributed by atoms with van der Waals surface area (Å²) in [5.41, 5.74) is 6.28. The number of alkyl halides is 3. The monoisotopic (exact) mass is 278 g/mol. The van der Waals surface area contributed by atoms with E-state index in [4.69, 9.17) is 10.2 Å². The molecule has 1 heterocycles. The van der Waals surface area contributed by atoms with Crippen LogP contribution in [0.25, 0.3) is 0 Å². The molecule has 0 amide bonds. The maximum Gasteiger partial charge on any atom is 0.389 e. The van der Waals surface area contributed by atoms with Gasteiger partial charge in [0.25, 0.3) is 0 Å². The lowest BCUT2D eigenvalue weighted by atomic mass is 9.92. The molecule has 1 rings (SSSR count). The van der Waals surface area contributed by atoms with E-state index >= 15 is 0 Å². The van der Waals surface area contributed by atoms with Gasteiger partial charge in [0.15, 0.2) is 0 Å². The molecule has 110 valence electrons. The van der Waals surface area contributed by atoms with Gasteiger partial charge in [-0.15, -0.1) is 0 Å². The summed E-state index contributed by atoms with van der Waals surface area (Å²) < 4.78 is 41.5. The molecule has 3 nitrogen and oxygen atoms in total. The van der Waals surface area contributed by atoms with Crippen LogP contribution in [0.1, 0.15) is 31.7 Å². The minimum Gasteiger partial charge on any atom is -0.472 e. The molecule has 6 heteroatoms. The lowest BCUT2D eigenvalue weighted by Crippen LogP contribution is -2.49. The van der Waals surface area contributed by atoms with Crippen molar-refractivity contribution in [1.29, 1.82) is 0 Å². The third-order valence-electron chi connectivity index (χ3n) is 3.54. The van der Waals surface area contributed by atoms with Gasteiger partial charge >= 0.3 is 6.18 Å². The van der Waals surface area contributed by atoms with E-state index in [1.807, 2.05) is 24.9 Å². The second-order valence-corrected chi connectivity index (χ2v) is 5.16. The number of hydrogen-bond acceptors (Lipinski definition) is 3. The van der Waals surface area contributed by atoms with E-state index in [1.165, 1.54) is 0 Å². The molecule has 0 radical (unpaired) electrons. The highest BCUT2D eigenvalue weighted by Gasteiger charge is 2.31. The van der Waals surface area contributed by atoms with Crippen molar-refractivity contribution < 1.29 is 17.6 Å². The Morgan fingerprint density at radius 1 is 1.32 bits per heavy atom. The molecular formula is C13H21F3N2O. The number of hydrogen-bond donors (Lipinski definition) is 1. The number of rotatable bonds is 7. The summed E-state index contributed by atoms with van der Waals surface area (Å²) in [5, 5.41) is 0. The van der Waals surface area contributed by atoms with Crippen molar-refractivity contribution in [2.24, 2.45) is 5.73 Å². The molecule has 19 heavy (non-hydrogen) atoms. The molecule has 0 aliphatic heterocycles. The van der Waals surface area contributed by atoms with Crippen molar-refractivity contribution >= 4 is 0 Å². The van der Waals surface area contributed by atoms with Gasteiger partial charge in [0.05, 0.1) is 12.5 Å². The van der Waals surface area contributed by atoms with Gasteiger partial charge in [-0.05, 0) is 32.9 Å². The summed E-state index contributed by atoms with van der Waals surface area (Å²) in [5.74, 6) is 0. The van der Waals surface area contributed by atoms with Gasteiger partial charge in [-0.1, -0.05) is 0 Å².